The third kappa shape index (κ3) is 8.14. The highest BCUT2D eigenvalue weighted by Crippen LogP contribution is 2.36. The smallest absolute Gasteiger partial charge is 0.243 e. The van der Waals surface area contributed by atoms with E-state index in [2.05, 4.69) is 42.8 Å². The van der Waals surface area contributed by atoms with Gasteiger partial charge < -0.3 is 4.43 Å². The van der Waals surface area contributed by atoms with Crippen molar-refractivity contribution in [3.63, 3.8) is 0 Å². The highest BCUT2D eigenvalue weighted by molar-refractivity contribution is 8.31. The standard InChI is InChI=1S/C8H21NOSSi/c1-8(9-11(2,3)4)10-12(5,6)7/h1-7H3/b9-8-. The summed E-state index contributed by atoms with van der Waals surface area (Å²) in [5.74, 6) is 0.858. The van der Waals surface area contributed by atoms with Crippen LogP contribution in [0.5, 0.6) is 0 Å². The van der Waals surface area contributed by atoms with Crippen LogP contribution in [0.15, 0.2) is 4.40 Å². The van der Waals surface area contributed by atoms with E-state index in [-0.39, 0.29) is 0 Å². The molecule has 0 aliphatic heterocycles. The summed E-state index contributed by atoms with van der Waals surface area (Å²) < 4.78 is 10.2. The van der Waals surface area contributed by atoms with Gasteiger partial charge in [-0.2, -0.15) is 10.2 Å². The minimum atomic E-state index is -1.44. The lowest BCUT2D eigenvalue weighted by molar-refractivity contribution is 0.550. The highest BCUT2D eigenvalue weighted by Gasteiger charge is 2.17. The average Bonchev–Trinajstić information content (AvgIpc) is 1.49. The Hall–Kier alpha value is 0.0369. The number of rotatable bonds is 2. The molecule has 0 unspecified atom stereocenters. The second kappa shape index (κ2) is 3.83. The van der Waals surface area contributed by atoms with Crippen LogP contribution in [0, 0.1) is 0 Å². The van der Waals surface area contributed by atoms with Crippen molar-refractivity contribution in [2.75, 3.05) is 18.8 Å². The van der Waals surface area contributed by atoms with Crippen LogP contribution in [0.2, 0.25) is 19.6 Å². The molecule has 0 rings (SSSR count). The van der Waals surface area contributed by atoms with E-state index in [9.17, 15) is 0 Å². The van der Waals surface area contributed by atoms with Gasteiger partial charge in [0.05, 0.1) is 0 Å². The predicted octanol–water partition coefficient (Wildman–Crippen LogP) is 2.87. The summed E-state index contributed by atoms with van der Waals surface area (Å²) in [7, 11) is -2.25. The zero-order chi connectivity index (χ0) is 9.99. The zero-order valence-corrected chi connectivity index (χ0v) is 11.1. The Morgan fingerprint density at radius 3 is 1.83 bits per heavy atom. The van der Waals surface area contributed by atoms with Gasteiger partial charge in [-0.05, 0) is 38.4 Å². The average molecular weight is 207 g/mol. The minimum absolute atomic E-state index is 0.811. The van der Waals surface area contributed by atoms with Crippen LogP contribution in [0.4, 0.5) is 0 Å². The second-order valence-electron chi connectivity index (χ2n) is 4.60. The van der Waals surface area contributed by atoms with Crippen LogP contribution in [-0.4, -0.2) is 33.0 Å². The van der Waals surface area contributed by atoms with E-state index >= 15 is 0 Å². The molecule has 0 bridgehead atoms. The molecular formula is C8H21NOSSi. The zero-order valence-electron chi connectivity index (χ0n) is 9.26. The van der Waals surface area contributed by atoms with Crippen molar-refractivity contribution in [1.82, 2.24) is 0 Å². The first-order chi connectivity index (χ1) is 5.10. The quantitative estimate of drug-likeness (QED) is 0.388. The van der Waals surface area contributed by atoms with Gasteiger partial charge in [0.15, 0.2) is 5.90 Å². The molecule has 0 atom stereocenters. The van der Waals surface area contributed by atoms with Crippen molar-refractivity contribution in [3.05, 3.63) is 0 Å². The molecule has 0 aliphatic carbocycles. The number of hydrogen-bond donors (Lipinski definition) is 0. The van der Waals surface area contributed by atoms with Crippen molar-refractivity contribution >= 4 is 24.4 Å². The molecule has 12 heavy (non-hydrogen) atoms. The molecule has 0 amide bonds. The van der Waals surface area contributed by atoms with Gasteiger partial charge in [-0.3, -0.25) is 0 Å². The van der Waals surface area contributed by atoms with Gasteiger partial charge in [0, 0.05) is 6.92 Å². The Balaban J connectivity index is 4.23. The minimum Gasteiger partial charge on any atom is -0.534 e. The number of hydrogen-bond acceptors (Lipinski definition) is 2. The third-order valence-corrected chi connectivity index (χ3v) is 2.57. The summed E-state index contributed by atoms with van der Waals surface area (Å²) in [5, 5.41) is 0. The highest BCUT2D eigenvalue weighted by atomic mass is 32.3. The largest absolute Gasteiger partial charge is 0.534 e. The first-order valence-corrected chi connectivity index (χ1v) is 10.3. The molecule has 0 fully saturated rings. The van der Waals surface area contributed by atoms with E-state index in [1.807, 2.05) is 6.92 Å². The fourth-order valence-corrected chi connectivity index (χ4v) is 2.65. The number of nitrogens with zero attached hydrogens (tertiary/aromatic N) is 1. The van der Waals surface area contributed by atoms with E-state index < -0.39 is 18.5 Å². The van der Waals surface area contributed by atoms with E-state index in [0.29, 0.717) is 0 Å². The summed E-state index contributed by atoms with van der Waals surface area (Å²) in [6, 6.07) is 0. The fraction of sp³-hybridized carbons (Fsp3) is 0.875. The van der Waals surface area contributed by atoms with Gasteiger partial charge in [0.25, 0.3) is 0 Å². The fourth-order valence-electron chi connectivity index (χ4n) is 0.847. The molecule has 0 spiro atoms. The normalized spacial score (nSPS) is 16.1. The van der Waals surface area contributed by atoms with Gasteiger partial charge in [-0.15, -0.1) is 0 Å². The molecule has 0 saturated heterocycles. The van der Waals surface area contributed by atoms with Crippen LogP contribution in [0.3, 0.4) is 0 Å². The van der Waals surface area contributed by atoms with Crippen molar-refractivity contribution in [3.8, 4) is 0 Å². The molecule has 4 heteroatoms. The lowest BCUT2D eigenvalue weighted by Gasteiger charge is -2.24. The lowest BCUT2D eigenvalue weighted by Crippen LogP contribution is -2.28. The Morgan fingerprint density at radius 2 is 1.58 bits per heavy atom. The molecule has 2 nitrogen and oxygen atoms in total. The molecule has 0 heterocycles. The van der Waals surface area contributed by atoms with Crippen molar-refractivity contribution < 1.29 is 4.43 Å². The SMILES string of the molecule is C/C(=N/S(C)(C)C)O[Si](C)(C)C. The molecule has 0 aromatic heterocycles. The van der Waals surface area contributed by atoms with Crippen LogP contribution in [0.1, 0.15) is 6.92 Å². The van der Waals surface area contributed by atoms with Crippen LogP contribution >= 0.6 is 10.2 Å². The summed E-state index contributed by atoms with van der Waals surface area (Å²) in [6.07, 6.45) is 6.47. The molecular weight excluding hydrogens is 186 g/mol. The second-order valence-corrected chi connectivity index (χ2v) is 12.8. The first kappa shape index (κ1) is 12.0. The summed E-state index contributed by atoms with van der Waals surface area (Å²) in [6.45, 7) is 8.47. The van der Waals surface area contributed by atoms with E-state index in [1.165, 1.54) is 0 Å². The van der Waals surface area contributed by atoms with Gasteiger partial charge >= 0.3 is 0 Å². The Bertz CT molecular complexity index is 178. The van der Waals surface area contributed by atoms with Crippen LogP contribution < -0.4 is 0 Å². The van der Waals surface area contributed by atoms with Crippen molar-refractivity contribution in [1.29, 1.82) is 0 Å². The molecule has 0 aromatic carbocycles. The Morgan fingerprint density at radius 1 is 1.17 bits per heavy atom. The lowest BCUT2D eigenvalue weighted by atomic mass is 10.8. The maximum absolute atomic E-state index is 5.72. The molecule has 0 N–H and O–H groups in total. The Labute approximate surface area is 79.0 Å². The molecule has 0 aliphatic rings. The topological polar surface area (TPSA) is 21.6 Å². The predicted molar refractivity (Wildman–Crippen MR) is 62.9 cm³/mol. The molecule has 0 radical (unpaired) electrons. The van der Waals surface area contributed by atoms with Gasteiger partial charge in [0.1, 0.15) is 0 Å². The molecule has 0 saturated carbocycles. The Kier molecular flexibility index (Phi) is 3.84. The van der Waals surface area contributed by atoms with E-state index in [0.717, 1.165) is 5.90 Å². The van der Waals surface area contributed by atoms with Gasteiger partial charge in [-0.1, -0.05) is 0 Å². The summed E-state index contributed by atoms with van der Waals surface area (Å²) >= 11 is 0. The maximum atomic E-state index is 5.72. The van der Waals surface area contributed by atoms with Gasteiger partial charge in [0.2, 0.25) is 8.32 Å². The maximum Gasteiger partial charge on any atom is 0.243 e. The van der Waals surface area contributed by atoms with Crippen molar-refractivity contribution in [2.24, 2.45) is 4.40 Å². The third-order valence-electron chi connectivity index (χ3n) is 0.856. The monoisotopic (exact) mass is 207 g/mol. The van der Waals surface area contributed by atoms with E-state index in [1.54, 1.807) is 0 Å². The van der Waals surface area contributed by atoms with Crippen molar-refractivity contribution in [2.45, 2.75) is 26.6 Å². The van der Waals surface area contributed by atoms with Crippen LogP contribution in [-0.2, 0) is 4.43 Å². The van der Waals surface area contributed by atoms with E-state index in [4.69, 9.17) is 4.43 Å². The summed E-state index contributed by atoms with van der Waals surface area (Å²) in [4.78, 5) is 0. The summed E-state index contributed by atoms with van der Waals surface area (Å²) in [5.41, 5.74) is 0. The van der Waals surface area contributed by atoms with Crippen LogP contribution in [0.25, 0.3) is 0 Å². The molecule has 74 valence electrons. The first-order valence-electron chi connectivity index (χ1n) is 4.04. The molecule has 0 aromatic rings. The van der Waals surface area contributed by atoms with Gasteiger partial charge in [-0.25, -0.2) is 4.40 Å².